The highest BCUT2D eigenvalue weighted by Gasteiger charge is 2.17. The number of nitrogens with zero attached hydrogens (tertiary/aromatic N) is 2. The van der Waals surface area contributed by atoms with E-state index in [-0.39, 0.29) is 6.04 Å². The van der Waals surface area contributed by atoms with Gasteiger partial charge in [-0.05, 0) is 26.8 Å². The minimum Gasteiger partial charge on any atom is -0.444 e. The Morgan fingerprint density at radius 3 is 2.77 bits per heavy atom. The van der Waals surface area contributed by atoms with E-state index in [4.69, 9.17) is 10.5 Å². The zero-order chi connectivity index (χ0) is 16.3. The quantitative estimate of drug-likeness (QED) is 0.904. The van der Waals surface area contributed by atoms with E-state index in [0.29, 0.717) is 13.0 Å². The number of aromatic nitrogens is 2. The molecule has 0 aliphatic heterocycles. The van der Waals surface area contributed by atoms with Gasteiger partial charge in [0.05, 0.1) is 11.2 Å². The van der Waals surface area contributed by atoms with Crippen molar-refractivity contribution >= 4 is 17.0 Å². The molecule has 1 aromatic carbocycles. The van der Waals surface area contributed by atoms with E-state index in [1.165, 1.54) is 0 Å². The lowest BCUT2D eigenvalue weighted by Gasteiger charge is -2.20. The van der Waals surface area contributed by atoms with Crippen LogP contribution in [0.2, 0.25) is 0 Å². The van der Waals surface area contributed by atoms with E-state index in [1.807, 2.05) is 56.8 Å². The minimum absolute atomic E-state index is 0.217. The van der Waals surface area contributed by atoms with Crippen molar-refractivity contribution in [3.8, 4) is 0 Å². The maximum atomic E-state index is 11.6. The van der Waals surface area contributed by atoms with Gasteiger partial charge in [-0.15, -0.1) is 0 Å². The molecular formula is C16H24N4O2. The zero-order valence-electron chi connectivity index (χ0n) is 13.6. The normalized spacial score (nSPS) is 13.1. The molecule has 120 valence electrons. The summed E-state index contributed by atoms with van der Waals surface area (Å²) in [6.45, 7) is 5.82. The van der Waals surface area contributed by atoms with Crippen LogP contribution in [0.15, 0.2) is 24.3 Å². The number of fused-ring (bicyclic) bond motifs is 1. The van der Waals surface area contributed by atoms with E-state index in [9.17, 15) is 4.79 Å². The van der Waals surface area contributed by atoms with Crippen LogP contribution in [0.5, 0.6) is 0 Å². The smallest absolute Gasteiger partial charge is 0.407 e. The number of carbonyl (C=O) groups excluding carboxylic acids is 1. The van der Waals surface area contributed by atoms with Crippen LogP contribution in [0.25, 0.3) is 10.9 Å². The van der Waals surface area contributed by atoms with Gasteiger partial charge in [0.1, 0.15) is 5.60 Å². The molecular weight excluding hydrogens is 280 g/mol. The number of ether oxygens (including phenoxy) is 1. The van der Waals surface area contributed by atoms with Gasteiger partial charge in [-0.25, -0.2) is 4.79 Å². The predicted octanol–water partition coefficient (Wildman–Crippen LogP) is 1.97. The molecule has 1 atom stereocenters. The van der Waals surface area contributed by atoms with Gasteiger partial charge in [-0.3, -0.25) is 4.68 Å². The fourth-order valence-electron chi connectivity index (χ4n) is 2.29. The molecule has 0 radical (unpaired) electrons. The molecule has 2 rings (SSSR count). The Morgan fingerprint density at radius 1 is 1.41 bits per heavy atom. The Morgan fingerprint density at radius 2 is 2.09 bits per heavy atom. The molecule has 0 fully saturated rings. The highest BCUT2D eigenvalue weighted by atomic mass is 16.6. The number of para-hydroxylation sites is 1. The fourth-order valence-corrected chi connectivity index (χ4v) is 2.29. The number of nitrogens with one attached hydrogen (secondary N) is 1. The molecule has 0 spiro atoms. The summed E-state index contributed by atoms with van der Waals surface area (Å²) in [5.74, 6) is 0. The first-order valence-electron chi connectivity index (χ1n) is 7.39. The molecule has 22 heavy (non-hydrogen) atoms. The van der Waals surface area contributed by atoms with Crippen LogP contribution in [0, 0.1) is 0 Å². The summed E-state index contributed by atoms with van der Waals surface area (Å²) < 4.78 is 7.03. The van der Waals surface area contributed by atoms with Gasteiger partial charge < -0.3 is 15.8 Å². The first kappa shape index (κ1) is 16.3. The number of nitrogens with two attached hydrogens (primary N) is 1. The van der Waals surface area contributed by atoms with Crippen LogP contribution in [0.1, 0.15) is 26.5 Å². The molecule has 1 amide bonds. The average Bonchev–Trinajstić information content (AvgIpc) is 2.72. The molecule has 6 nitrogen and oxygen atoms in total. The Labute approximate surface area is 130 Å². The van der Waals surface area contributed by atoms with Crippen LogP contribution in [0.4, 0.5) is 4.79 Å². The molecule has 1 aromatic heterocycles. The molecule has 1 unspecified atom stereocenters. The summed E-state index contributed by atoms with van der Waals surface area (Å²) in [5.41, 5.74) is 7.61. The van der Waals surface area contributed by atoms with E-state index in [1.54, 1.807) is 0 Å². The highest BCUT2D eigenvalue weighted by Crippen LogP contribution is 2.18. The van der Waals surface area contributed by atoms with Crippen molar-refractivity contribution in [2.45, 2.75) is 38.8 Å². The summed E-state index contributed by atoms with van der Waals surface area (Å²) >= 11 is 0. The number of alkyl carbamates (subject to hydrolysis) is 1. The Hall–Kier alpha value is -2.08. The summed E-state index contributed by atoms with van der Waals surface area (Å²) in [7, 11) is 1.91. The van der Waals surface area contributed by atoms with Crippen LogP contribution in [0.3, 0.4) is 0 Å². The van der Waals surface area contributed by atoms with Crippen molar-refractivity contribution in [3.63, 3.8) is 0 Å². The number of carbonyl (C=O) groups is 1. The van der Waals surface area contributed by atoms with Crippen molar-refractivity contribution in [3.05, 3.63) is 30.0 Å². The first-order valence-corrected chi connectivity index (χ1v) is 7.39. The second-order valence-corrected chi connectivity index (χ2v) is 6.43. The maximum absolute atomic E-state index is 11.6. The number of benzene rings is 1. The lowest BCUT2D eigenvalue weighted by molar-refractivity contribution is 0.0524. The molecule has 0 saturated heterocycles. The fraction of sp³-hybridized carbons (Fsp3) is 0.500. The first-order chi connectivity index (χ1) is 10.3. The van der Waals surface area contributed by atoms with E-state index in [2.05, 4.69) is 10.4 Å². The molecule has 1 heterocycles. The van der Waals surface area contributed by atoms with Crippen LogP contribution in [-0.2, 0) is 18.2 Å². The van der Waals surface area contributed by atoms with Gasteiger partial charge in [0.15, 0.2) is 0 Å². The van der Waals surface area contributed by atoms with Crippen molar-refractivity contribution in [1.29, 1.82) is 0 Å². The third kappa shape index (κ3) is 4.21. The van der Waals surface area contributed by atoms with Crippen molar-refractivity contribution < 1.29 is 9.53 Å². The van der Waals surface area contributed by atoms with Gasteiger partial charge in [-0.1, -0.05) is 18.2 Å². The van der Waals surface area contributed by atoms with Gasteiger partial charge in [0.2, 0.25) is 0 Å². The minimum atomic E-state index is -0.509. The molecule has 2 aromatic rings. The van der Waals surface area contributed by atoms with Crippen LogP contribution in [-0.4, -0.2) is 34.1 Å². The standard InChI is InChI=1S/C16H24N4O2/c1-16(2,3)22-15(21)18-10-11(17)9-13-12-7-5-6-8-14(12)20(4)19-13/h5-8,11H,9-10,17H2,1-4H3,(H,18,21). The van der Waals surface area contributed by atoms with Crippen molar-refractivity contribution in [2.75, 3.05) is 6.54 Å². The lowest BCUT2D eigenvalue weighted by Crippen LogP contribution is -2.41. The molecule has 6 heteroatoms. The lowest BCUT2D eigenvalue weighted by atomic mass is 10.1. The zero-order valence-corrected chi connectivity index (χ0v) is 13.6. The molecule has 0 bridgehead atoms. The Kier molecular flexibility index (Phi) is 4.71. The van der Waals surface area contributed by atoms with Gasteiger partial charge in [0, 0.05) is 31.4 Å². The third-order valence-corrected chi connectivity index (χ3v) is 3.20. The van der Waals surface area contributed by atoms with E-state index in [0.717, 1.165) is 16.6 Å². The van der Waals surface area contributed by atoms with Crippen LogP contribution >= 0.6 is 0 Å². The highest BCUT2D eigenvalue weighted by molar-refractivity contribution is 5.81. The van der Waals surface area contributed by atoms with Crippen molar-refractivity contribution in [1.82, 2.24) is 15.1 Å². The molecule has 0 saturated carbocycles. The van der Waals surface area contributed by atoms with Gasteiger partial charge >= 0.3 is 6.09 Å². The summed E-state index contributed by atoms with van der Waals surface area (Å²) in [6.07, 6.45) is 0.144. The monoisotopic (exact) mass is 304 g/mol. The SMILES string of the molecule is Cn1nc(CC(N)CNC(=O)OC(C)(C)C)c2ccccc21. The Balaban J connectivity index is 1.94. The number of hydrogen-bond acceptors (Lipinski definition) is 4. The second-order valence-electron chi connectivity index (χ2n) is 6.43. The molecule has 3 N–H and O–H groups in total. The largest absolute Gasteiger partial charge is 0.444 e. The van der Waals surface area contributed by atoms with E-state index >= 15 is 0 Å². The molecule has 0 aliphatic carbocycles. The number of aryl methyl sites for hydroxylation is 1. The number of rotatable bonds is 4. The van der Waals surface area contributed by atoms with Gasteiger partial charge in [-0.2, -0.15) is 5.10 Å². The second kappa shape index (κ2) is 6.36. The van der Waals surface area contributed by atoms with Gasteiger partial charge in [0.25, 0.3) is 0 Å². The summed E-state index contributed by atoms with van der Waals surface area (Å²) in [5, 5.41) is 8.30. The summed E-state index contributed by atoms with van der Waals surface area (Å²) in [6, 6.07) is 7.81. The number of amides is 1. The number of hydrogen-bond donors (Lipinski definition) is 2. The predicted molar refractivity (Wildman–Crippen MR) is 86.6 cm³/mol. The Bertz CT molecular complexity index is 658. The third-order valence-electron chi connectivity index (χ3n) is 3.20. The molecule has 0 aliphatic rings. The van der Waals surface area contributed by atoms with Crippen molar-refractivity contribution in [2.24, 2.45) is 12.8 Å². The van der Waals surface area contributed by atoms with E-state index < -0.39 is 11.7 Å². The van der Waals surface area contributed by atoms with Crippen LogP contribution < -0.4 is 11.1 Å². The average molecular weight is 304 g/mol. The maximum Gasteiger partial charge on any atom is 0.407 e. The summed E-state index contributed by atoms with van der Waals surface area (Å²) in [4.78, 5) is 11.6. The topological polar surface area (TPSA) is 82.2 Å².